The van der Waals surface area contributed by atoms with Crippen LogP contribution in [0.5, 0.6) is 0 Å². The molecule has 1 aliphatic heterocycles. The van der Waals surface area contributed by atoms with E-state index in [9.17, 15) is 18.0 Å². The number of halogens is 3. The lowest BCUT2D eigenvalue weighted by atomic mass is 9.99. The van der Waals surface area contributed by atoms with Gasteiger partial charge in [-0.3, -0.25) is 0 Å². The third kappa shape index (κ3) is 4.35. The highest BCUT2D eigenvalue weighted by Crippen LogP contribution is 2.30. The quantitative estimate of drug-likeness (QED) is 0.882. The van der Waals surface area contributed by atoms with E-state index >= 15 is 0 Å². The molecule has 0 radical (unpaired) electrons. The Bertz CT molecular complexity index is 792. The summed E-state index contributed by atoms with van der Waals surface area (Å²) in [6.07, 6.45) is -3.91. The number of likely N-dealkylation sites (N-methyl/N-ethyl adjacent to an activating group) is 1. The highest BCUT2D eigenvalue weighted by molar-refractivity contribution is 5.89. The first-order valence-electron chi connectivity index (χ1n) is 8.20. The van der Waals surface area contributed by atoms with Crippen molar-refractivity contribution < 1.29 is 22.7 Å². The Morgan fingerprint density at radius 3 is 2.65 bits per heavy atom. The molecule has 1 heterocycles. The lowest BCUT2D eigenvalue weighted by Crippen LogP contribution is -2.40. The number of carbonyl (C=O) groups excluding carboxylic acids is 1. The summed E-state index contributed by atoms with van der Waals surface area (Å²) in [6, 6.07) is 12.1. The van der Waals surface area contributed by atoms with Gasteiger partial charge in [0, 0.05) is 25.7 Å². The first-order chi connectivity index (χ1) is 12.3. The Balaban J connectivity index is 1.59. The molecule has 0 aliphatic carbocycles. The lowest BCUT2D eigenvalue weighted by Gasteiger charge is -2.29. The number of amides is 2. The molecule has 0 spiro atoms. The monoisotopic (exact) mass is 364 g/mol. The fourth-order valence-corrected chi connectivity index (χ4v) is 2.91. The number of hydrogen-bond acceptors (Lipinski definition) is 2. The smallest absolute Gasteiger partial charge is 0.371 e. The number of carbonyl (C=O) groups is 1. The fourth-order valence-electron chi connectivity index (χ4n) is 2.91. The fraction of sp³-hybridized carbons (Fsp3) is 0.316. The van der Waals surface area contributed by atoms with Crippen LogP contribution in [0, 0.1) is 0 Å². The first-order valence-corrected chi connectivity index (χ1v) is 8.20. The van der Waals surface area contributed by atoms with Crippen molar-refractivity contribution in [2.24, 2.45) is 0 Å². The maximum Gasteiger partial charge on any atom is 0.416 e. The normalized spacial score (nSPS) is 16.7. The standard InChI is InChI=1S/C19H19F3N2O2/c1-24(11-17-9-13-5-2-3-6-14(13)12-26-17)18(25)23-16-8-4-7-15(10-16)19(20,21)22/h2-8,10,17H,9,11-12H2,1H3,(H,23,25). The van der Waals surface area contributed by atoms with Crippen molar-refractivity contribution in [2.75, 3.05) is 18.9 Å². The second-order valence-corrected chi connectivity index (χ2v) is 6.30. The second-order valence-electron chi connectivity index (χ2n) is 6.30. The molecule has 2 aromatic rings. The van der Waals surface area contributed by atoms with Crippen LogP contribution in [0.4, 0.5) is 23.7 Å². The van der Waals surface area contributed by atoms with Crippen LogP contribution in [-0.2, 0) is 23.9 Å². The number of hydrogen-bond donors (Lipinski definition) is 1. The minimum Gasteiger partial charge on any atom is -0.371 e. The van der Waals surface area contributed by atoms with E-state index in [0.717, 1.165) is 17.7 Å². The van der Waals surface area contributed by atoms with Crippen molar-refractivity contribution in [1.29, 1.82) is 0 Å². The largest absolute Gasteiger partial charge is 0.416 e. The number of fused-ring (bicyclic) bond motifs is 1. The maximum atomic E-state index is 12.8. The molecule has 1 N–H and O–H groups in total. The van der Waals surface area contributed by atoms with E-state index in [-0.39, 0.29) is 11.8 Å². The highest BCUT2D eigenvalue weighted by atomic mass is 19.4. The van der Waals surface area contributed by atoms with Gasteiger partial charge in [-0.15, -0.1) is 0 Å². The topological polar surface area (TPSA) is 41.6 Å². The van der Waals surface area contributed by atoms with Crippen molar-refractivity contribution >= 4 is 11.7 Å². The summed E-state index contributed by atoms with van der Waals surface area (Å²) >= 11 is 0. The van der Waals surface area contributed by atoms with Crippen LogP contribution in [0.2, 0.25) is 0 Å². The molecular weight excluding hydrogens is 345 g/mol. The van der Waals surface area contributed by atoms with Gasteiger partial charge in [0.2, 0.25) is 0 Å². The summed E-state index contributed by atoms with van der Waals surface area (Å²) in [5, 5.41) is 2.49. The number of rotatable bonds is 3. The molecule has 0 aromatic heterocycles. The van der Waals surface area contributed by atoms with Crippen LogP contribution in [0.15, 0.2) is 48.5 Å². The van der Waals surface area contributed by atoms with Crippen LogP contribution in [0.3, 0.4) is 0 Å². The summed E-state index contributed by atoms with van der Waals surface area (Å²) in [7, 11) is 1.59. The molecule has 1 atom stereocenters. The first kappa shape index (κ1) is 18.3. The zero-order chi connectivity index (χ0) is 18.7. The zero-order valence-corrected chi connectivity index (χ0v) is 14.2. The van der Waals surface area contributed by atoms with Crippen LogP contribution in [0.1, 0.15) is 16.7 Å². The number of nitrogens with zero attached hydrogens (tertiary/aromatic N) is 1. The van der Waals surface area contributed by atoms with Gasteiger partial charge < -0.3 is 15.0 Å². The van der Waals surface area contributed by atoms with Gasteiger partial charge >= 0.3 is 12.2 Å². The van der Waals surface area contributed by atoms with Gasteiger partial charge in [0.15, 0.2) is 0 Å². The predicted octanol–water partition coefficient (Wildman–Crippen LogP) is 4.31. The number of nitrogens with one attached hydrogen (secondary N) is 1. The average Bonchev–Trinajstić information content (AvgIpc) is 2.61. The molecule has 138 valence electrons. The number of alkyl halides is 3. The summed E-state index contributed by atoms with van der Waals surface area (Å²) in [4.78, 5) is 13.7. The van der Waals surface area contributed by atoms with Gasteiger partial charge in [0.1, 0.15) is 0 Å². The molecule has 0 saturated carbocycles. The number of ether oxygens (including phenoxy) is 1. The van der Waals surface area contributed by atoms with Gasteiger partial charge in [-0.1, -0.05) is 30.3 Å². The highest BCUT2D eigenvalue weighted by Gasteiger charge is 2.30. The summed E-state index contributed by atoms with van der Waals surface area (Å²) in [5.74, 6) is 0. The molecule has 2 amide bonds. The van der Waals surface area contributed by atoms with E-state index in [1.54, 1.807) is 7.05 Å². The molecule has 4 nitrogen and oxygen atoms in total. The molecule has 26 heavy (non-hydrogen) atoms. The number of benzene rings is 2. The van der Waals surface area contributed by atoms with Gasteiger partial charge in [-0.05, 0) is 29.3 Å². The molecule has 3 rings (SSSR count). The predicted molar refractivity (Wildman–Crippen MR) is 91.8 cm³/mol. The van der Waals surface area contributed by atoms with E-state index in [1.165, 1.54) is 22.6 Å². The summed E-state index contributed by atoms with van der Waals surface area (Å²) in [6.45, 7) is 0.836. The van der Waals surface area contributed by atoms with Gasteiger partial charge in [-0.25, -0.2) is 4.79 Å². The van der Waals surface area contributed by atoms with E-state index in [4.69, 9.17) is 4.74 Å². The van der Waals surface area contributed by atoms with E-state index in [2.05, 4.69) is 5.32 Å². The zero-order valence-electron chi connectivity index (χ0n) is 14.2. The minimum absolute atomic E-state index is 0.103. The Labute approximate surface area is 149 Å². The molecular formula is C19H19F3N2O2. The Hall–Kier alpha value is -2.54. The molecule has 7 heteroatoms. The minimum atomic E-state index is -4.45. The van der Waals surface area contributed by atoms with Crippen LogP contribution >= 0.6 is 0 Å². The van der Waals surface area contributed by atoms with Crippen molar-refractivity contribution in [3.05, 3.63) is 65.2 Å². The second kappa shape index (κ2) is 7.37. The summed E-state index contributed by atoms with van der Waals surface area (Å²) in [5.41, 5.74) is 1.63. The number of anilines is 1. The number of urea groups is 1. The van der Waals surface area contributed by atoms with Crippen LogP contribution in [-0.4, -0.2) is 30.6 Å². The molecule has 1 unspecified atom stereocenters. The van der Waals surface area contributed by atoms with Crippen molar-refractivity contribution in [3.63, 3.8) is 0 Å². The molecule has 0 bridgehead atoms. The molecule has 0 saturated heterocycles. The van der Waals surface area contributed by atoms with Gasteiger partial charge in [-0.2, -0.15) is 13.2 Å². The maximum absolute atomic E-state index is 12.8. The summed E-state index contributed by atoms with van der Waals surface area (Å²) < 4.78 is 44.0. The third-order valence-corrected chi connectivity index (χ3v) is 4.31. The van der Waals surface area contributed by atoms with Crippen LogP contribution in [0.25, 0.3) is 0 Å². The Morgan fingerprint density at radius 1 is 1.19 bits per heavy atom. The third-order valence-electron chi connectivity index (χ3n) is 4.31. The van der Waals surface area contributed by atoms with Crippen molar-refractivity contribution in [1.82, 2.24) is 4.90 Å². The SMILES string of the molecule is CN(CC1Cc2ccccc2CO1)C(=O)Nc1cccc(C(F)(F)F)c1. The lowest BCUT2D eigenvalue weighted by molar-refractivity contribution is -0.137. The Kier molecular flexibility index (Phi) is 5.18. The van der Waals surface area contributed by atoms with E-state index in [0.29, 0.717) is 19.6 Å². The van der Waals surface area contributed by atoms with Crippen LogP contribution < -0.4 is 5.32 Å². The van der Waals surface area contributed by atoms with Gasteiger partial charge in [0.05, 0.1) is 18.3 Å². The molecule has 0 fully saturated rings. The van der Waals surface area contributed by atoms with Crippen molar-refractivity contribution in [2.45, 2.75) is 25.3 Å². The van der Waals surface area contributed by atoms with E-state index < -0.39 is 17.8 Å². The van der Waals surface area contributed by atoms with Crippen molar-refractivity contribution in [3.8, 4) is 0 Å². The molecule has 2 aromatic carbocycles. The molecule has 1 aliphatic rings. The van der Waals surface area contributed by atoms with Gasteiger partial charge in [0.25, 0.3) is 0 Å². The Morgan fingerprint density at radius 2 is 1.92 bits per heavy atom. The van der Waals surface area contributed by atoms with E-state index in [1.807, 2.05) is 24.3 Å². The average molecular weight is 364 g/mol.